The summed E-state index contributed by atoms with van der Waals surface area (Å²) in [6, 6.07) is 0. The fourth-order valence-corrected chi connectivity index (χ4v) is 1.56. The molecule has 0 bridgehead atoms. The zero-order valence-corrected chi connectivity index (χ0v) is 14.7. The van der Waals surface area contributed by atoms with Gasteiger partial charge in [0.25, 0.3) is 0 Å². The standard InChI is InChI=1S/C19H24O7/c1-6-15(5)10-23-11-19(12-24-16(20)7-2,13-25-17(21)8-3)14-26-18(22)9-4/h6-9H,1-5,10-14H2. The minimum absolute atomic E-state index is 0.0564. The van der Waals surface area contributed by atoms with E-state index in [0.717, 1.165) is 18.2 Å². The van der Waals surface area contributed by atoms with Crippen molar-refractivity contribution in [1.29, 1.82) is 0 Å². The first-order valence-electron chi connectivity index (χ1n) is 7.58. The number of carbonyl (C=O) groups is 3. The molecule has 0 aromatic rings. The summed E-state index contributed by atoms with van der Waals surface area (Å²) in [6.45, 7) is 16.6. The molecule has 142 valence electrons. The van der Waals surface area contributed by atoms with Crippen molar-refractivity contribution in [2.45, 2.75) is 0 Å². The van der Waals surface area contributed by atoms with Crippen molar-refractivity contribution in [3.8, 4) is 0 Å². The van der Waals surface area contributed by atoms with Crippen LogP contribution in [0.1, 0.15) is 0 Å². The third-order valence-electron chi connectivity index (χ3n) is 3.05. The van der Waals surface area contributed by atoms with E-state index in [1.165, 1.54) is 6.08 Å². The van der Waals surface area contributed by atoms with Crippen molar-refractivity contribution in [3.63, 3.8) is 0 Å². The molecular weight excluding hydrogens is 340 g/mol. The smallest absolute Gasteiger partial charge is 0.330 e. The highest BCUT2D eigenvalue weighted by Crippen LogP contribution is 2.22. The largest absolute Gasteiger partial charge is 0.462 e. The number of hydrogen-bond donors (Lipinski definition) is 0. The van der Waals surface area contributed by atoms with Gasteiger partial charge in [0, 0.05) is 18.2 Å². The molecular formula is C19H24O7. The van der Waals surface area contributed by atoms with Crippen molar-refractivity contribution in [2.24, 2.45) is 5.41 Å². The molecule has 0 spiro atoms. The zero-order valence-electron chi connectivity index (χ0n) is 14.7. The monoisotopic (exact) mass is 364 g/mol. The Morgan fingerprint density at radius 1 is 0.692 bits per heavy atom. The quantitative estimate of drug-likeness (QED) is 0.201. The van der Waals surface area contributed by atoms with Crippen LogP contribution in [0.3, 0.4) is 0 Å². The van der Waals surface area contributed by atoms with Crippen molar-refractivity contribution in [2.75, 3.05) is 33.0 Å². The molecule has 0 aromatic heterocycles. The summed E-state index contributed by atoms with van der Waals surface area (Å²) in [4.78, 5) is 34.3. The van der Waals surface area contributed by atoms with Crippen molar-refractivity contribution in [3.05, 3.63) is 62.8 Å². The van der Waals surface area contributed by atoms with Crippen LogP contribution in [0.5, 0.6) is 0 Å². The third-order valence-corrected chi connectivity index (χ3v) is 3.05. The first-order chi connectivity index (χ1) is 12.3. The molecule has 7 nitrogen and oxygen atoms in total. The Morgan fingerprint density at radius 2 is 1.08 bits per heavy atom. The molecule has 0 unspecified atom stereocenters. The third kappa shape index (κ3) is 9.39. The Hall–Kier alpha value is -2.93. The molecule has 0 aliphatic rings. The Kier molecular flexibility index (Phi) is 11.0. The molecule has 0 aromatic carbocycles. The lowest BCUT2D eigenvalue weighted by molar-refractivity contribution is -0.160. The van der Waals surface area contributed by atoms with E-state index in [0.29, 0.717) is 5.57 Å². The maximum atomic E-state index is 11.4. The van der Waals surface area contributed by atoms with Gasteiger partial charge in [-0.3, -0.25) is 0 Å². The molecule has 0 saturated carbocycles. The van der Waals surface area contributed by atoms with E-state index in [4.69, 9.17) is 18.9 Å². The van der Waals surface area contributed by atoms with Crippen LogP contribution < -0.4 is 0 Å². The molecule has 0 heterocycles. The first-order valence-corrected chi connectivity index (χ1v) is 7.58. The highest BCUT2D eigenvalue weighted by molar-refractivity contribution is 5.82. The van der Waals surface area contributed by atoms with E-state index < -0.39 is 23.3 Å². The van der Waals surface area contributed by atoms with E-state index in [-0.39, 0.29) is 33.0 Å². The normalized spacial score (nSPS) is 10.2. The van der Waals surface area contributed by atoms with Gasteiger partial charge in [0.2, 0.25) is 0 Å². The highest BCUT2D eigenvalue weighted by atomic mass is 16.6. The van der Waals surface area contributed by atoms with E-state index in [9.17, 15) is 14.4 Å². The molecule has 26 heavy (non-hydrogen) atoms. The van der Waals surface area contributed by atoms with Gasteiger partial charge in [-0.25, -0.2) is 14.4 Å². The van der Waals surface area contributed by atoms with Gasteiger partial charge in [0.05, 0.1) is 18.6 Å². The summed E-state index contributed by atoms with van der Waals surface area (Å²) in [5.41, 5.74) is -0.523. The molecule has 0 atom stereocenters. The van der Waals surface area contributed by atoms with Gasteiger partial charge >= 0.3 is 17.9 Å². The highest BCUT2D eigenvalue weighted by Gasteiger charge is 2.36. The maximum absolute atomic E-state index is 11.4. The Balaban J connectivity index is 5.31. The predicted molar refractivity (Wildman–Crippen MR) is 96.1 cm³/mol. The SMILES string of the molecule is C=CC(=C)COCC(COC(=O)C=C)(COC(=O)C=C)COC(=O)C=C. The summed E-state index contributed by atoms with van der Waals surface area (Å²) in [5.74, 6) is -2.06. The van der Waals surface area contributed by atoms with E-state index in [1.54, 1.807) is 0 Å². The topological polar surface area (TPSA) is 88.1 Å². The van der Waals surface area contributed by atoms with Crippen LogP contribution in [-0.2, 0) is 33.3 Å². The second-order valence-corrected chi connectivity index (χ2v) is 5.29. The fourth-order valence-electron chi connectivity index (χ4n) is 1.56. The van der Waals surface area contributed by atoms with E-state index in [2.05, 4.69) is 32.9 Å². The zero-order chi connectivity index (χ0) is 20.0. The fraction of sp³-hybridized carbons (Fsp3) is 0.316. The van der Waals surface area contributed by atoms with Crippen molar-refractivity contribution in [1.82, 2.24) is 0 Å². The lowest BCUT2D eigenvalue weighted by Gasteiger charge is -2.31. The number of carbonyl (C=O) groups excluding carboxylic acids is 3. The summed E-state index contributed by atoms with van der Waals surface area (Å²) in [7, 11) is 0. The Labute approximate surface area is 153 Å². The average Bonchev–Trinajstić information content (AvgIpc) is 2.67. The molecule has 0 saturated heterocycles. The van der Waals surface area contributed by atoms with E-state index in [1.807, 2.05) is 0 Å². The van der Waals surface area contributed by atoms with E-state index >= 15 is 0 Å². The Morgan fingerprint density at radius 3 is 1.38 bits per heavy atom. The second kappa shape index (κ2) is 12.4. The molecule has 0 amide bonds. The maximum Gasteiger partial charge on any atom is 0.330 e. The van der Waals surface area contributed by atoms with Gasteiger partial charge in [-0.2, -0.15) is 0 Å². The minimum atomic E-state index is -1.14. The van der Waals surface area contributed by atoms with Crippen LogP contribution >= 0.6 is 0 Å². The van der Waals surface area contributed by atoms with Crippen LogP contribution in [0.4, 0.5) is 0 Å². The molecule has 0 radical (unpaired) electrons. The lowest BCUT2D eigenvalue weighted by Crippen LogP contribution is -2.43. The average molecular weight is 364 g/mol. The molecule has 7 heteroatoms. The lowest BCUT2D eigenvalue weighted by atomic mass is 9.92. The van der Waals surface area contributed by atoms with Crippen LogP contribution in [0, 0.1) is 5.41 Å². The van der Waals surface area contributed by atoms with Gasteiger partial charge in [-0.15, -0.1) is 0 Å². The van der Waals surface area contributed by atoms with Crippen molar-refractivity contribution < 1.29 is 33.3 Å². The first kappa shape index (κ1) is 23.1. The van der Waals surface area contributed by atoms with Gasteiger partial charge in [-0.1, -0.05) is 39.0 Å². The van der Waals surface area contributed by atoms with Crippen LogP contribution in [-0.4, -0.2) is 50.9 Å². The summed E-state index contributed by atoms with van der Waals surface area (Å²) in [5, 5.41) is 0. The number of rotatable bonds is 14. The molecule has 0 rings (SSSR count). The van der Waals surface area contributed by atoms with Gasteiger partial charge in [-0.05, 0) is 5.57 Å². The number of ether oxygens (including phenoxy) is 4. The molecule has 0 N–H and O–H groups in total. The van der Waals surface area contributed by atoms with Crippen LogP contribution in [0.25, 0.3) is 0 Å². The van der Waals surface area contributed by atoms with Crippen LogP contribution in [0.2, 0.25) is 0 Å². The summed E-state index contributed by atoms with van der Waals surface area (Å²) >= 11 is 0. The van der Waals surface area contributed by atoms with Crippen molar-refractivity contribution >= 4 is 17.9 Å². The molecule has 0 aliphatic heterocycles. The second-order valence-electron chi connectivity index (χ2n) is 5.29. The molecule has 0 fully saturated rings. The van der Waals surface area contributed by atoms with Gasteiger partial charge < -0.3 is 18.9 Å². The minimum Gasteiger partial charge on any atom is -0.462 e. The van der Waals surface area contributed by atoms with Gasteiger partial charge in [0.1, 0.15) is 19.8 Å². The molecule has 0 aliphatic carbocycles. The summed E-state index contributed by atoms with van der Waals surface area (Å²) in [6.07, 6.45) is 4.47. The number of hydrogen-bond acceptors (Lipinski definition) is 7. The number of esters is 3. The summed E-state index contributed by atoms with van der Waals surface area (Å²) < 4.78 is 20.7. The van der Waals surface area contributed by atoms with Crippen LogP contribution in [0.15, 0.2) is 62.8 Å². The Bertz CT molecular complexity index is 515. The van der Waals surface area contributed by atoms with Gasteiger partial charge in [0.15, 0.2) is 0 Å². The predicted octanol–water partition coefficient (Wildman–Crippen LogP) is 1.92.